The van der Waals surface area contributed by atoms with Crippen LogP contribution in [0.1, 0.15) is 43.1 Å². The van der Waals surface area contributed by atoms with Gasteiger partial charge >= 0.3 is 6.18 Å². The van der Waals surface area contributed by atoms with Crippen LogP contribution < -0.4 is 14.8 Å². The predicted molar refractivity (Wildman–Crippen MR) is 120 cm³/mol. The Morgan fingerprint density at radius 3 is 2.31 bits per heavy atom. The number of rotatable bonds is 11. The lowest BCUT2D eigenvalue weighted by Crippen LogP contribution is -2.25. The molecule has 0 heterocycles. The van der Waals surface area contributed by atoms with Crippen LogP contribution in [-0.2, 0) is 6.18 Å². The largest absolute Gasteiger partial charge is 0.493 e. The molecule has 2 rings (SSSR count). The van der Waals surface area contributed by atoms with E-state index in [0.717, 1.165) is 38.2 Å². The van der Waals surface area contributed by atoms with E-state index in [1.807, 2.05) is 0 Å². The molecule has 0 bridgehead atoms. The van der Waals surface area contributed by atoms with Crippen LogP contribution in [0.25, 0.3) is 0 Å². The average molecular weight is 473 g/mol. The number of amides is 1. The monoisotopic (exact) mass is 472 g/mol. The molecule has 0 spiro atoms. The van der Waals surface area contributed by atoms with Gasteiger partial charge in [0.1, 0.15) is 17.1 Å². The Morgan fingerprint density at radius 2 is 1.72 bits per heavy atom. The zero-order valence-electron chi connectivity index (χ0n) is 18.4. The van der Waals surface area contributed by atoms with Crippen molar-refractivity contribution in [1.82, 2.24) is 4.90 Å². The zero-order valence-corrected chi connectivity index (χ0v) is 19.1. The number of hydrogen-bond donors (Lipinski definition) is 1. The van der Waals surface area contributed by atoms with Crippen molar-refractivity contribution in [2.75, 3.05) is 38.2 Å². The first kappa shape index (κ1) is 25.8. The summed E-state index contributed by atoms with van der Waals surface area (Å²) < 4.78 is 50.9. The first-order chi connectivity index (χ1) is 15.2. The number of halogens is 4. The van der Waals surface area contributed by atoms with E-state index in [1.54, 1.807) is 25.1 Å². The molecule has 5 nitrogen and oxygen atoms in total. The Kier molecular flexibility index (Phi) is 9.65. The van der Waals surface area contributed by atoms with Gasteiger partial charge in [-0.3, -0.25) is 4.79 Å². The lowest BCUT2D eigenvalue weighted by Gasteiger charge is -2.19. The SMILES string of the molecule is CCOc1cccc(OCCCN(CC)CC)c1C(=O)Nc1ccc(Cl)c(C(F)(F)F)c1. The molecule has 0 saturated heterocycles. The number of ether oxygens (including phenoxy) is 2. The molecule has 0 atom stereocenters. The molecule has 0 aromatic heterocycles. The molecule has 2 aromatic carbocycles. The van der Waals surface area contributed by atoms with Crippen molar-refractivity contribution in [3.63, 3.8) is 0 Å². The normalized spacial score (nSPS) is 11.5. The fourth-order valence-corrected chi connectivity index (χ4v) is 3.38. The minimum atomic E-state index is -4.64. The minimum Gasteiger partial charge on any atom is -0.493 e. The second kappa shape index (κ2) is 12.0. The van der Waals surface area contributed by atoms with Crippen molar-refractivity contribution in [3.05, 3.63) is 52.5 Å². The fourth-order valence-electron chi connectivity index (χ4n) is 3.15. The number of carbonyl (C=O) groups is 1. The van der Waals surface area contributed by atoms with Crippen LogP contribution in [0.3, 0.4) is 0 Å². The molecule has 2 aromatic rings. The Bertz CT molecular complexity index is 903. The molecule has 0 fully saturated rings. The number of nitrogens with zero attached hydrogens (tertiary/aromatic N) is 1. The summed E-state index contributed by atoms with van der Waals surface area (Å²) in [7, 11) is 0. The number of hydrogen-bond acceptors (Lipinski definition) is 4. The fraction of sp³-hybridized carbons (Fsp3) is 0.435. The third-order valence-corrected chi connectivity index (χ3v) is 5.14. The second-order valence-corrected chi connectivity index (χ2v) is 7.34. The summed E-state index contributed by atoms with van der Waals surface area (Å²) in [5.41, 5.74) is -0.936. The highest BCUT2D eigenvalue weighted by molar-refractivity contribution is 6.31. The molecule has 0 aliphatic heterocycles. The average Bonchev–Trinajstić information content (AvgIpc) is 2.74. The molecule has 9 heteroatoms. The van der Waals surface area contributed by atoms with Gasteiger partial charge < -0.3 is 19.7 Å². The van der Waals surface area contributed by atoms with Crippen LogP contribution >= 0.6 is 11.6 Å². The van der Waals surface area contributed by atoms with Gasteiger partial charge in [-0.25, -0.2) is 0 Å². The van der Waals surface area contributed by atoms with E-state index in [1.165, 1.54) is 6.07 Å². The summed E-state index contributed by atoms with van der Waals surface area (Å²) in [6.07, 6.45) is -3.88. The second-order valence-electron chi connectivity index (χ2n) is 6.94. The minimum absolute atomic E-state index is 0.0366. The molecular formula is C23H28ClF3N2O3. The summed E-state index contributed by atoms with van der Waals surface area (Å²) in [6, 6.07) is 8.16. The van der Waals surface area contributed by atoms with E-state index in [9.17, 15) is 18.0 Å². The zero-order chi connectivity index (χ0) is 23.7. The van der Waals surface area contributed by atoms with Gasteiger partial charge in [0.2, 0.25) is 0 Å². The molecule has 0 radical (unpaired) electrons. The number of carbonyl (C=O) groups excluding carboxylic acids is 1. The predicted octanol–water partition coefficient (Wildman–Crippen LogP) is 6.12. The summed E-state index contributed by atoms with van der Waals surface area (Å²) in [6.45, 7) is 9.35. The molecule has 0 aliphatic carbocycles. The lowest BCUT2D eigenvalue weighted by molar-refractivity contribution is -0.137. The smallest absolute Gasteiger partial charge is 0.417 e. The molecule has 176 valence electrons. The third kappa shape index (κ3) is 7.03. The molecule has 32 heavy (non-hydrogen) atoms. The van der Waals surface area contributed by atoms with Crippen molar-refractivity contribution < 1.29 is 27.4 Å². The summed E-state index contributed by atoms with van der Waals surface area (Å²) in [4.78, 5) is 15.3. The highest BCUT2D eigenvalue weighted by Crippen LogP contribution is 2.37. The maximum atomic E-state index is 13.2. The highest BCUT2D eigenvalue weighted by atomic mass is 35.5. The van der Waals surface area contributed by atoms with Crippen LogP contribution in [0, 0.1) is 0 Å². The standard InChI is InChI=1S/C23H28ClF3N2O3/c1-4-29(5-2)13-8-14-32-20-10-7-9-19(31-6-3)21(20)22(30)28-16-11-12-18(24)17(15-16)23(25,26)27/h7,9-12,15H,4-6,8,13-14H2,1-3H3,(H,28,30). The van der Waals surface area contributed by atoms with Crippen molar-refractivity contribution >= 4 is 23.2 Å². The Balaban J connectivity index is 2.23. The van der Waals surface area contributed by atoms with Crippen molar-refractivity contribution in [2.45, 2.75) is 33.4 Å². The van der Waals surface area contributed by atoms with Gasteiger partial charge in [0.25, 0.3) is 5.91 Å². The van der Waals surface area contributed by atoms with Gasteiger partial charge in [0.15, 0.2) is 0 Å². The number of benzene rings is 2. The van der Waals surface area contributed by atoms with Gasteiger partial charge in [-0.2, -0.15) is 13.2 Å². The quantitative estimate of drug-likeness (QED) is 0.400. The highest BCUT2D eigenvalue weighted by Gasteiger charge is 2.33. The first-order valence-electron chi connectivity index (χ1n) is 10.5. The molecule has 0 unspecified atom stereocenters. The molecule has 1 N–H and O–H groups in total. The summed E-state index contributed by atoms with van der Waals surface area (Å²) in [5, 5.41) is 2.06. The number of alkyl halides is 3. The van der Waals surface area contributed by atoms with Gasteiger partial charge in [0.05, 0.1) is 23.8 Å². The van der Waals surface area contributed by atoms with E-state index >= 15 is 0 Å². The van der Waals surface area contributed by atoms with Crippen molar-refractivity contribution in [3.8, 4) is 11.5 Å². The lowest BCUT2D eigenvalue weighted by atomic mass is 10.1. The molecule has 0 aliphatic rings. The Labute approximate surface area is 191 Å². The maximum Gasteiger partial charge on any atom is 0.417 e. The number of anilines is 1. The third-order valence-electron chi connectivity index (χ3n) is 4.82. The van der Waals surface area contributed by atoms with Crippen molar-refractivity contribution in [2.24, 2.45) is 0 Å². The van der Waals surface area contributed by atoms with E-state index < -0.39 is 22.7 Å². The van der Waals surface area contributed by atoms with Gasteiger partial charge in [-0.1, -0.05) is 31.5 Å². The van der Waals surface area contributed by atoms with E-state index in [0.29, 0.717) is 19.0 Å². The summed E-state index contributed by atoms with van der Waals surface area (Å²) >= 11 is 5.66. The topological polar surface area (TPSA) is 50.8 Å². The molecular weight excluding hydrogens is 445 g/mol. The van der Waals surface area contributed by atoms with E-state index in [4.69, 9.17) is 21.1 Å². The van der Waals surface area contributed by atoms with Gasteiger partial charge in [-0.05, 0) is 56.8 Å². The Hall–Kier alpha value is -2.45. The molecule has 0 saturated carbocycles. The van der Waals surface area contributed by atoms with Gasteiger partial charge in [0, 0.05) is 12.2 Å². The van der Waals surface area contributed by atoms with Crippen LogP contribution in [0.2, 0.25) is 5.02 Å². The van der Waals surface area contributed by atoms with E-state index in [-0.39, 0.29) is 17.0 Å². The maximum absolute atomic E-state index is 13.2. The molecule has 1 amide bonds. The van der Waals surface area contributed by atoms with Gasteiger partial charge in [-0.15, -0.1) is 0 Å². The Morgan fingerprint density at radius 1 is 1.06 bits per heavy atom. The first-order valence-corrected chi connectivity index (χ1v) is 10.9. The van der Waals surface area contributed by atoms with Crippen LogP contribution in [-0.4, -0.2) is 43.7 Å². The summed E-state index contributed by atoms with van der Waals surface area (Å²) in [5.74, 6) is -0.0440. The van der Waals surface area contributed by atoms with Crippen molar-refractivity contribution in [1.29, 1.82) is 0 Å². The van der Waals surface area contributed by atoms with Crippen LogP contribution in [0.5, 0.6) is 11.5 Å². The van der Waals surface area contributed by atoms with E-state index in [2.05, 4.69) is 24.1 Å². The van der Waals surface area contributed by atoms with Crippen LogP contribution in [0.15, 0.2) is 36.4 Å². The van der Waals surface area contributed by atoms with Crippen LogP contribution in [0.4, 0.5) is 18.9 Å². The number of nitrogens with one attached hydrogen (secondary N) is 1.